The standard InChI is InChI=1S/C12H21N3O/c1-3-6-11-13-12(16-14-11)9-15-8-5-4-7-10(15)2/h10H,3-9H2,1-2H3. The summed E-state index contributed by atoms with van der Waals surface area (Å²) in [5.41, 5.74) is 0. The number of rotatable bonds is 4. The van der Waals surface area contributed by atoms with Gasteiger partial charge >= 0.3 is 0 Å². The molecule has 90 valence electrons. The number of hydrogen-bond donors (Lipinski definition) is 0. The lowest BCUT2D eigenvalue weighted by molar-refractivity contribution is 0.135. The average Bonchev–Trinajstić information content (AvgIpc) is 2.70. The van der Waals surface area contributed by atoms with Gasteiger partial charge in [-0.1, -0.05) is 18.5 Å². The lowest BCUT2D eigenvalue weighted by Crippen LogP contribution is -2.36. The van der Waals surface area contributed by atoms with E-state index < -0.39 is 0 Å². The van der Waals surface area contributed by atoms with E-state index in [1.54, 1.807) is 0 Å². The van der Waals surface area contributed by atoms with Crippen LogP contribution in [0.4, 0.5) is 0 Å². The summed E-state index contributed by atoms with van der Waals surface area (Å²) in [6.07, 6.45) is 5.91. The van der Waals surface area contributed by atoms with Crippen molar-refractivity contribution in [3.05, 3.63) is 11.7 Å². The zero-order chi connectivity index (χ0) is 11.4. The molecule has 1 unspecified atom stereocenters. The molecule has 0 N–H and O–H groups in total. The van der Waals surface area contributed by atoms with E-state index >= 15 is 0 Å². The Morgan fingerprint density at radius 2 is 2.31 bits per heavy atom. The van der Waals surface area contributed by atoms with Crippen molar-refractivity contribution in [3.8, 4) is 0 Å². The third kappa shape index (κ3) is 2.82. The Hall–Kier alpha value is -0.900. The van der Waals surface area contributed by atoms with Gasteiger partial charge in [0.1, 0.15) is 0 Å². The van der Waals surface area contributed by atoms with Crippen LogP contribution in [0.5, 0.6) is 0 Å². The zero-order valence-electron chi connectivity index (χ0n) is 10.3. The Morgan fingerprint density at radius 3 is 3.06 bits per heavy atom. The van der Waals surface area contributed by atoms with Crippen LogP contribution in [0.3, 0.4) is 0 Å². The Bertz CT molecular complexity index is 324. The van der Waals surface area contributed by atoms with Gasteiger partial charge in [0.2, 0.25) is 5.89 Å². The molecule has 1 fully saturated rings. The highest BCUT2D eigenvalue weighted by molar-refractivity contribution is 4.87. The summed E-state index contributed by atoms with van der Waals surface area (Å²) in [6, 6.07) is 0.648. The van der Waals surface area contributed by atoms with Crippen molar-refractivity contribution in [2.75, 3.05) is 6.54 Å². The topological polar surface area (TPSA) is 42.2 Å². The largest absolute Gasteiger partial charge is 0.338 e. The second kappa shape index (κ2) is 5.43. The minimum Gasteiger partial charge on any atom is -0.338 e. The van der Waals surface area contributed by atoms with E-state index in [2.05, 4.69) is 28.9 Å². The van der Waals surface area contributed by atoms with Gasteiger partial charge in [0.15, 0.2) is 5.82 Å². The van der Waals surface area contributed by atoms with Crippen LogP contribution in [0, 0.1) is 0 Å². The maximum atomic E-state index is 5.27. The first-order chi connectivity index (χ1) is 7.79. The summed E-state index contributed by atoms with van der Waals surface area (Å²) in [7, 11) is 0. The summed E-state index contributed by atoms with van der Waals surface area (Å²) < 4.78 is 5.27. The molecule has 2 heterocycles. The average molecular weight is 223 g/mol. The van der Waals surface area contributed by atoms with Gasteiger partial charge in [-0.2, -0.15) is 4.98 Å². The van der Waals surface area contributed by atoms with Crippen molar-refractivity contribution in [2.45, 2.75) is 58.5 Å². The molecule has 0 aromatic carbocycles. The molecule has 2 rings (SSSR count). The Labute approximate surface area is 97.0 Å². The molecule has 0 radical (unpaired) electrons. The van der Waals surface area contributed by atoms with Crippen LogP contribution in [0.25, 0.3) is 0 Å². The van der Waals surface area contributed by atoms with E-state index in [9.17, 15) is 0 Å². The van der Waals surface area contributed by atoms with E-state index in [1.807, 2.05) is 0 Å². The van der Waals surface area contributed by atoms with Gasteiger partial charge in [-0.15, -0.1) is 0 Å². The first-order valence-corrected chi connectivity index (χ1v) is 6.35. The van der Waals surface area contributed by atoms with Crippen LogP contribution in [0.1, 0.15) is 51.2 Å². The fourth-order valence-electron chi connectivity index (χ4n) is 2.25. The summed E-state index contributed by atoms with van der Waals surface area (Å²) in [6.45, 7) is 6.38. The molecule has 16 heavy (non-hydrogen) atoms. The Morgan fingerprint density at radius 1 is 1.44 bits per heavy atom. The van der Waals surface area contributed by atoms with Crippen LogP contribution >= 0.6 is 0 Å². The number of likely N-dealkylation sites (tertiary alicyclic amines) is 1. The van der Waals surface area contributed by atoms with Gasteiger partial charge in [-0.3, -0.25) is 4.90 Å². The normalized spacial score (nSPS) is 22.5. The first kappa shape index (κ1) is 11.6. The highest BCUT2D eigenvalue weighted by Gasteiger charge is 2.20. The SMILES string of the molecule is CCCc1noc(CN2CCCCC2C)n1. The van der Waals surface area contributed by atoms with E-state index in [4.69, 9.17) is 4.52 Å². The summed E-state index contributed by atoms with van der Waals surface area (Å²) in [4.78, 5) is 6.85. The number of aromatic nitrogens is 2. The molecule has 1 aromatic rings. The van der Waals surface area contributed by atoms with Gasteiger partial charge in [0, 0.05) is 12.5 Å². The van der Waals surface area contributed by atoms with Crippen molar-refractivity contribution < 1.29 is 4.52 Å². The maximum absolute atomic E-state index is 5.27. The van der Waals surface area contributed by atoms with E-state index in [-0.39, 0.29) is 0 Å². The molecule has 0 bridgehead atoms. The molecule has 1 saturated heterocycles. The Kier molecular flexibility index (Phi) is 3.93. The second-order valence-electron chi connectivity index (χ2n) is 4.67. The van der Waals surface area contributed by atoms with Gasteiger partial charge in [-0.05, 0) is 32.7 Å². The third-order valence-corrected chi connectivity index (χ3v) is 3.26. The van der Waals surface area contributed by atoms with Crippen LogP contribution < -0.4 is 0 Å². The molecule has 0 aliphatic carbocycles. The van der Waals surface area contributed by atoms with Crippen LogP contribution in [-0.2, 0) is 13.0 Å². The van der Waals surface area contributed by atoms with Crippen molar-refractivity contribution >= 4 is 0 Å². The molecule has 1 aliphatic heterocycles. The van der Waals surface area contributed by atoms with E-state index in [0.717, 1.165) is 37.6 Å². The first-order valence-electron chi connectivity index (χ1n) is 6.35. The van der Waals surface area contributed by atoms with Crippen LogP contribution in [-0.4, -0.2) is 27.6 Å². The zero-order valence-corrected chi connectivity index (χ0v) is 10.3. The third-order valence-electron chi connectivity index (χ3n) is 3.26. The van der Waals surface area contributed by atoms with Crippen molar-refractivity contribution in [1.29, 1.82) is 0 Å². The van der Waals surface area contributed by atoms with Gasteiger partial charge in [0.05, 0.1) is 6.54 Å². The quantitative estimate of drug-likeness (QED) is 0.786. The minimum atomic E-state index is 0.648. The van der Waals surface area contributed by atoms with Crippen molar-refractivity contribution in [2.24, 2.45) is 0 Å². The maximum Gasteiger partial charge on any atom is 0.240 e. The van der Waals surface area contributed by atoms with Crippen LogP contribution in [0.2, 0.25) is 0 Å². The molecular weight excluding hydrogens is 202 g/mol. The lowest BCUT2D eigenvalue weighted by Gasteiger charge is -2.31. The second-order valence-corrected chi connectivity index (χ2v) is 4.67. The summed E-state index contributed by atoms with van der Waals surface area (Å²) in [5, 5.41) is 3.98. The number of nitrogens with zero attached hydrogens (tertiary/aromatic N) is 3. The van der Waals surface area contributed by atoms with Crippen LogP contribution in [0.15, 0.2) is 4.52 Å². The molecule has 1 atom stereocenters. The number of aryl methyl sites for hydroxylation is 1. The highest BCUT2D eigenvalue weighted by Crippen LogP contribution is 2.18. The monoisotopic (exact) mass is 223 g/mol. The predicted molar refractivity (Wildman–Crippen MR) is 62.0 cm³/mol. The molecule has 0 spiro atoms. The summed E-state index contributed by atoms with van der Waals surface area (Å²) >= 11 is 0. The van der Waals surface area contributed by atoms with Crippen molar-refractivity contribution in [1.82, 2.24) is 15.0 Å². The predicted octanol–water partition coefficient (Wildman–Crippen LogP) is 2.40. The molecule has 1 aromatic heterocycles. The minimum absolute atomic E-state index is 0.648. The van der Waals surface area contributed by atoms with E-state index in [0.29, 0.717) is 6.04 Å². The fourth-order valence-corrected chi connectivity index (χ4v) is 2.25. The lowest BCUT2D eigenvalue weighted by atomic mass is 10.0. The summed E-state index contributed by atoms with van der Waals surface area (Å²) in [5.74, 6) is 1.62. The van der Waals surface area contributed by atoms with Gasteiger partial charge < -0.3 is 4.52 Å². The molecule has 4 heteroatoms. The highest BCUT2D eigenvalue weighted by atomic mass is 16.5. The van der Waals surface area contributed by atoms with E-state index in [1.165, 1.54) is 19.3 Å². The molecular formula is C12H21N3O. The van der Waals surface area contributed by atoms with Gasteiger partial charge in [0.25, 0.3) is 0 Å². The number of piperidine rings is 1. The fraction of sp³-hybridized carbons (Fsp3) is 0.833. The number of hydrogen-bond acceptors (Lipinski definition) is 4. The molecule has 4 nitrogen and oxygen atoms in total. The molecule has 0 amide bonds. The van der Waals surface area contributed by atoms with Gasteiger partial charge in [-0.25, -0.2) is 0 Å². The Balaban J connectivity index is 1.91. The van der Waals surface area contributed by atoms with Crippen molar-refractivity contribution in [3.63, 3.8) is 0 Å². The molecule has 0 saturated carbocycles. The smallest absolute Gasteiger partial charge is 0.240 e. The molecule has 1 aliphatic rings.